The maximum atomic E-state index is 13.7. The number of anilines is 1. The van der Waals surface area contributed by atoms with Gasteiger partial charge in [-0.25, -0.2) is 4.98 Å². The van der Waals surface area contributed by atoms with Crippen LogP contribution in [0.4, 0.5) is 5.82 Å². The molecule has 2 aliphatic carbocycles. The topological polar surface area (TPSA) is 46.9 Å². The first-order chi connectivity index (χ1) is 13.2. The molecule has 0 radical (unpaired) electrons. The summed E-state index contributed by atoms with van der Waals surface area (Å²) >= 11 is 0. The lowest BCUT2D eigenvalue weighted by Gasteiger charge is -2.29. The Kier molecular flexibility index (Phi) is 3.85. The van der Waals surface area contributed by atoms with Gasteiger partial charge < -0.3 is 5.32 Å². The Morgan fingerprint density at radius 1 is 1.07 bits per heavy atom. The van der Waals surface area contributed by atoms with Crippen LogP contribution in [0, 0.1) is 0 Å². The van der Waals surface area contributed by atoms with E-state index >= 15 is 0 Å². The Morgan fingerprint density at radius 2 is 1.81 bits per heavy atom. The summed E-state index contributed by atoms with van der Waals surface area (Å²) in [6, 6.07) is 9.88. The predicted octanol–water partition coefficient (Wildman–Crippen LogP) is 4.93. The van der Waals surface area contributed by atoms with Crippen molar-refractivity contribution in [2.45, 2.75) is 44.4 Å². The number of hydrogen-bond donors (Lipinski definition) is 1. The van der Waals surface area contributed by atoms with Gasteiger partial charge in [0.1, 0.15) is 11.6 Å². The van der Waals surface area contributed by atoms with Crippen LogP contribution in [-0.2, 0) is 0 Å². The fraction of sp³-hybridized carbons (Fsp3) is 0.304. The second-order valence-corrected chi connectivity index (χ2v) is 7.57. The van der Waals surface area contributed by atoms with Crippen LogP contribution < -0.4 is 10.9 Å². The zero-order valence-corrected chi connectivity index (χ0v) is 15.4. The maximum Gasteiger partial charge on any atom is 0.268 e. The van der Waals surface area contributed by atoms with Crippen molar-refractivity contribution in [3.05, 3.63) is 82.1 Å². The number of benzene rings is 1. The van der Waals surface area contributed by atoms with Crippen molar-refractivity contribution in [3.8, 4) is 5.69 Å². The lowest BCUT2D eigenvalue weighted by Crippen LogP contribution is -2.32. The van der Waals surface area contributed by atoms with E-state index in [9.17, 15) is 4.79 Å². The molecule has 0 saturated heterocycles. The lowest BCUT2D eigenvalue weighted by atomic mass is 9.89. The second-order valence-electron chi connectivity index (χ2n) is 7.57. The SMILES string of the molecule is C=C1C2=CCCC=C2Nc2nc(C3CCCC3)n(-c3ccccc3)c(=O)c21. The first kappa shape index (κ1) is 16.3. The minimum absolute atomic E-state index is 0.0175. The van der Waals surface area contributed by atoms with Gasteiger partial charge in [-0.1, -0.05) is 49.8 Å². The lowest BCUT2D eigenvalue weighted by molar-refractivity contribution is 0.632. The molecule has 5 rings (SSSR count). The molecule has 1 aliphatic heterocycles. The molecule has 3 aliphatic rings. The van der Waals surface area contributed by atoms with Gasteiger partial charge in [-0.3, -0.25) is 9.36 Å². The van der Waals surface area contributed by atoms with Crippen molar-refractivity contribution in [2.75, 3.05) is 5.32 Å². The van der Waals surface area contributed by atoms with Crippen LogP contribution in [0.15, 0.2) is 65.1 Å². The summed E-state index contributed by atoms with van der Waals surface area (Å²) < 4.78 is 1.82. The van der Waals surface area contributed by atoms with Gasteiger partial charge in [0.2, 0.25) is 0 Å². The molecule has 0 bridgehead atoms. The van der Waals surface area contributed by atoms with Gasteiger partial charge in [0.05, 0.1) is 11.3 Å². The molecule has 0 spiro atoms. The van der Waals surface area contributed by atoms with E-state index in [0.717, 1.165) is 54.0 Å². The molecule has 4 heteroatoms. The van der Waals surface area contributed by atoms with E-state index in [-0.39, 0.29) is 5.56 Å². The summed E-state index contributed by atoms with van der Waals surface area (Å²) in [5.74, 6) is 1.88. The average molecular weight is 357 g/mol. The van der Waals surface area contributed by atoms with Crippen molar-refractivity contribution in [1.29, 1.82) is 0 Å². The van der Waals surface area contributed by atoms with E-state index in [2.05, 4.69) is 24.0 Å². The van der Waals surface area contributed by atoms with Crippen molar-refractivity contribution in [3.63, 3.8) is 0 Å². The molecule has 2 heterocycles. The zero-order chi connectivity index (χ0) is 18.4. The fourth-order valence-electron chi connectivity index (χ4n) is 4.53. The third kappa shape index (κ3) is 2.59. The normalized spacial score (nSPS) is 19.0. The summed E-state index contributed by atoms with van der Waals surface area (Å²) in [5, 5.41) is 3.42. The standard InChI is InChI=1S/C23H23N3O/c1-15-18-13-7-8-14-19(18)24-21-20(15)23(27)26(17-11-3-2-4-12-17)22(25-21)16-9-5-6-10-16/h2-4,11-14,16,24H,1,5-10H2. The van der Waals surface area contributed by atoms with E-state index in [0.29, 0.717) is 17.3 Å². The van der Waals surface area contributed by atoms with Gasteiger partial charge >= 0.3 is 0 Å². The quantitative estimate of drug-likeness (QED) is 0.829. The summed E-state index contributed by atoms with van der Waals surface area (Å²) in [6.45, 7) is 4.26. The molecule has 1 aromatic carbocycles. The average Bonchev–Trinajstić information content (AvgIpc) is 3.23. The smallest absolute Gasteiger partial charge is 0.268 e. The Balaban J connectivity index is 1.77. The van der Waals surface area contributed by atoms with Crippen LogP contribution in [0.1, 0.15) is 55.8 Å². The van der Waals surface area contributed by atoms with Crippen LogP contribution >= 0.6 is 0 Å². The monoisotopic (exact) mass is 357 g/mol. The third-order valence-corrected chi connectivity index (χ3v) is 5.88. The Morgan fingerprint density at radius 3 is 2.59 bits per heavy atom. The molecule has 1 fully saturated rings. The Bertz CT molecular complexity index is 1040. The van der Waals surface area contributed by atoms with E-state index < -0.39 is 0 Å². The molecule has 1 N–H and O–H groups in total. The first-order valence-corrected chi connectivity index (χ1v) is 9.84. The highest BCUT2D eigenvalue weighted by molar-refractivity contribution is 5.92. The molecule has 27 heavy (non-hydrogen) atoms. The number of fused-ring (bicyclic) bond motifs is 2. The van der Waals surface area contributed by atoms with Gasteiger partial charge in [-0.05, 0) is 43.4 Å². The third-order valence-electron chi connectivity index (χ3n) is 5.88. The van der Waals surface area contributed by atoms with Crippen molar-refractivity contribution >= 4 is 11.4 Å². The highest BCUT2D eigenvalue weighted by atomic mass is 16.1. The van der Waals surface area contributed by atoms with Crippen LogP contribution in [0.25, 0.3) is 11.3 Å². The summed E-state index contributed by atoms with van der Waals surface area (Å²) in [6.07, 6.45) is 10.9. The highest BCUT2D eigenvalue weighted by Gasteiger charge is 2.31. The number of rotatable bonds is 2. The van der Waals surface area contributed by atoms with Crippen molar-refractivity contribution < 1.29 is 0 Å². The van der Waals surface area contributed by atoms with E-state index in [1.54, 1.807) is 0 Å². The van der Waals surface area contributed by atoms with E-state index in [1.165, 1.54) is 12.8 Å². The highest BCUT2D eigenvalue weighted by Crippen LogP contribution is 2.40. The van der Waals surface area contributed by atoms with Crippen LogP contribution in [0.5, 0.6) is 0 Å². The molecule has 1 saturated carbocycles. The number of nitrogens with zero attached hydrogens (tertiary/aromatic N) is 2. The molecule has 0 atom stereocenters. The molecule has 136 valence electrons. The molecular weight excluding hydrogens is 334 g/mol. The number of para-hydroxylation sites is 1. The second kappa shape index (κ2) is 6.38. The minimum Gasteiger partial charge on any atom is -0.339 e. The number of nitrogens with one attached hydrogen (secondary N) is 1. The van der Waals surface area contributed by atoms with Crippen LogP contribution in [-0.4, -0.2) is 9.55 Å². The molecule has 4 nitrogen and oxygen atoms in total. The Labute approximate surface area is 159 Å². The van der Waals surface area contributed by atoms with Gasteiger partial charge in [0.25, 0.3) is 5.56 Å². The zero-order valence-electron chi connectivity index (χ0n) is 15.4. The summed E-state index contributed by atoms with van der Waals surface area (Å²) in [5.41, 5.74) is 4.34. The minimum atomic E-state index is -0.0175. The molecule has 2 aromatic rings. The largest absolute Gasteiger partial charge is 0.339 e. The van der Waals surface area contributed by atoms with Gasteiger partial charge in [-0.2, -0.15) is 0 Å². The van der Waals surface area contributed by atoms with E-state index in [4.69, 9.17) is 4.98 Å². The number of allylic oxidation sites excluding steroid dienone is 3. The van der Waals surface area contributed by atoms with E-state index in [1.807, 2.05) is 34.9 Å². The fourth-order valence-corrected chi connectivity index (χ4v) is 4.53. The molecular formula is C23H23N3O. The van der Waals surface area contributed by atoms with Crippen LogP contribution in [0.3, 0.4) is 0 Å². The number of hydrogen-bond acceptors (Lipinski definition) is 3. The van der Waals surface area contributed by atoms with Crippen molar-refractivity contribution in [1.82, 2.24) is 9.55 Å². The first-order valence-electron chi connectivity index (χ1n) is 9.84. The molecule has 1 aromatic heterocycles. The van der Waals surface area contributed by atoms with Crippen molar-refractivity contribution in [2.24, 2.45) is 0 Å². The predicted molar refractivity (Wildman–Crippen MR) is 109 cm³/mol. The summed E-state index contributed by atoms with van der Waals surface area (Å²) in [7, 11) is 0. The molecule has 0 unspecified atom stereocenters. The van der Waals surface area contributed by atoms with Gasteiger partial charge in [0, 0.05) is 17.2 Å². The van der Waals surface area contributed by atoms with Gasteiger partial charge in [-0.15, -0.1) is 0 Å². The summed E-state index contributed by atoms with van der Waals surface area (Å²) in [4.78, 5) is 18.6. The number of aromatic nitrogens is 2. The van der Waals surface area contributed by atoms with Gasteiger partial charge in [0.15, 0.2) is 0 Å². The molecule has 0 amide bonds. The Hall–Kier alpha value is -2.88. The van der Waals surface area contributed by atoms with Crippen LogP contribution in [0.2, 0.25) is 0 Å². The maximum absolute atomic E-state index is 13.7.